The van der Waals surface area contributed by atoms with E-state index < -0.39 is 0 Å². The fourth-order valence-electron chi connectivity index (χ4n) is 1.85. The maximum absolute atomic E-state index is 5.65. The van der Waals surface area contributed by atoms with E-state index in [1.54, 1.807) is 7.05 Å². The minimum Gasteiger partial charge on any atom is -0.373 e. The molecule has 0 saturated heterocycles. The van der Waals surface area contributed by atoms with Gasteiger partial charge in [-0.1, -0.05) is 25.5 Å². The molecule has 0 radical (unpaired) electrons. The highest BCUT2D eigenvalue weighted by Gasteiger charge is 2.01. The van der Waals surface area contributed by atoms with Gasteiger partial charge < -0.3 is 16.4 Å². The van der Waals surface area contributed by atoms with Gasteiger partial charge in [-0.3, -0.25) is 0 Å². The van der Waals surface area contributed by atoms with Crippen LogP contribution >= 0.6 is 0 Å². The van der Waals surface area contributed by atoms with Gasteiger partial charge in [0.15, 0.2) is 0 Å². The van der Waals surface area contributed by atoms with Crippen molar-refractivity contribution in [3.8, 4) is 0 Å². The van der Waals surface area contributed by atoms with Crippen molar-refractivity contribution in [2.45, 2.75) is 19.8 Å². The third-order valence-corrected chi connectivity index (χ3v) is 2.76. The number of nitrogens with zero attached hydrogens (tertiary/aromatic N) is 2. The minimum atomic E-state index is 0.247. The fourth-order valence-corrected chi connectivity index (χ4v) is 1.85. The van der Waals surface area contributed by atoms with Gasteiger partial charge in [0, 0.05) is 18.8 Å². The molecule has 5 nitrogen and oxygen atoms in total. The van der Waals surface area contributed by atoms with Gasteiger partial charge in [-0.2, -0.15) is 9.97 Å². The van der Waals surface area contributed by atoms with Crippen LogP contribution in [-0.2, 0) is 6.42 Å². The predicted molar refractivity (Wildman–Crippen MR) is 79.7 cm³/mol. The second-order valence-electron chi connectivity index (χ2n) is 4.32. The van der Waals surface area contributed by atoms with E-state index in [9.17, 15) is 0 Å². The molecule has 0 saturated carbocycles. The van der Waals surface area contributed by atoms with Crippen LogP contribution in [0.2, 0.25) is 0 Å². The van der Waals surface area contributed by atoms with Crippen molar-refractivity contribution in [1.29, 1.82) is 0 Å². The summed E-state index contributed by atoms with van der Waals surface area (Å²) in [6.07, 6.45) is 2.26. The second-order valence-corrected chi connectivity index (χ2v) is 4.32. The Morgan fingerprint density at radius 2 is 1.79 bits per heavy atom. The number of aryl methyl sites for hydroxylation is 1. The van der Waals surface area contributed by atoms with Crippen molar-refractivity contribution < 1.29 is 0 Å². The maximum atomic E-state index is 5.65. The zero-order valence-corrected chi connectivity index (χ0v) is 11.3. The fraction of sp³-hybridized carbons (Fsp3) is 0.286. The van der Waals surface area contributed by atoms with Crippen LogP contribution in [0.5, 0.6) is 0 Å². The first-order valence-corrected chi connectivity index (χ1v) is 6.39. The highest BCUT2D eigenvalue weighted by Crippen LogP contribution is 2.18. The Kier molecular flexibility index (Phi) is 4.18. The molecule has 1 aromatic heterocycles. The van der Waals surface area contributed by atoms with E-state index in [1.807, 2.05) is 18.2 Å². The van der Waals surface area contributed by atoms with Gasteiger partial charge in [-0.15, -0.1) is 0 Å². The number of anilines is 4. The third kappa shape index (κ3) is 3.58. The molecule has 2 aromatic rings. The first kappa shape index (κ1) is 13.1. The molecule has 0 aliphatic carbocycles. The molecule has 0 amide bonds. The van der Waals surface area contributed by atoms with Crippen LogP contribution < -0.4 is 16.4 Å². The number of nitrogens with two attached hydrogens (primary N) is 1. The lowest BCUT2D eigenvalue weighted by Crippen LogP contribution is -2.03. The highest BCUT2D eigenvalue weighted by molar-refractivity contribution is 5.60. The molecule has 0 aliphatic heterocycles. The topological polar surface area (TPSA) is 75.9 Å². The third-order valence-electron chi connectivity index (χ3n) is 2.76. The molecule has 0 unspecified atom stereocenters. The summed E-state index contributed by atoms with van der Waals surface area (Å²) in [5.74, 6) is 1.62. The standard InChI is InChI=1S/C14H19N5/c1-3-4-10-5-7-11(8-6-10)17-13-9-12(16-2)18-14(15)19-13/h5-9H,3-4H2,1-2H3,(H4,15,16,17,18,19). The Labute approximate surface area is 113 Å². The van der Waals surface area contributed by atoms with E-state index in [2.05, 4.69) is 39.7 Å². The summed E-state index contributed by atoms with van der Waals surface area (Å²) in [6.45, 7) is 2.18. The monoisotopic (exact) mass is 257 g/mol. The Balaban J connectivity index is 2.14. The Morgan fingerprint density at radius 3 is 2.42 bits per heavy atom. The summed E-state index contributed by atoms with van der Waals surface area (Å²) in [4.78, 5) is 8.20. The largest absolute Gasteiger partial charge is 0.373 e. The molecule has 0 aliphatic rings. The van der Waals surface area contributed by atoms with Crippen LogP contribution in [0.25, 0.3) is 0 Å². The van der Waals surface area contributed by atoms with Gasteiger partial charge in [-0.05, 0) is 24.1 Å². The molecule has 0 spiro atoms. The number of hydrogen-bond donors (Lipinski definition) is 3. The minimum absolute atomic E-state index is 0.247. The summed E-state index contributed by atoms with van der Waals surface area (Å²) >= 11 is 0. The molecule has 100 valence electrons. The number of rotatable bonds is 5. The number of nitrogens with one attached hydrogen (secondary N) is 2. The van der Waals surface area contributed by atoms with Gasteiger partial charge in [-0.25, -0.2) is 0 Å². The lowest BCUT2D eigenvalue weighted by Gasteiger charge is -2.08. The first-order chi connectivity index (χ1) is 9.21. The smallest absolute Gasteiger partial charge is 0.223 e. The molecule has 0 fully saturated rings. The molecule has 0 atom stereocenters. The zero-order chi connectivity index (χ0) is 13.7. The summed E-state index contributed by atoms with van der Waals surface area (Å²) < 4.78 is 0. The lowest BCUT2D eigenvalue weighted by molar-refractivity contribution is 0.922. The van der Waals surface area contributed by atoms with E-state index in [0.29, 0.717) is 11.6 Å². The summed E-state index contributed by atoms with van der Waals surface area (Å²) in [5.41, 5.74) is 7.98. The molecule has 1 heterocycles. The summed E-state index contributed by atoms with van der Waals surface area (Å²) in [6, 6.07) is 10.1. The van der Waals surface area contributed by atoms with Gasteiger partial charge >= 0.3 is 0 Å². The Bertz CT molecular complexity index is 536. The van der Waals surface area contributed by atoms with Crippen LogP contribution in [0.15, 0.2) is 30.3 Å². The van der Waals surface area contributed by atoms with Crippen LogP contribution in [0.3, 0.4) is 0 Å². The molecule has 0 bridgehead atoms. The van der Waals surface area contributed by atoms with Crippen LogP contribution in [-0.4, -0.2) is 17.0 Å². The van der Waals surface area contributed by atoms with E-state index in [0.717, 1.165) is 18.5 Å². The molecular formula is C14H19N5. The van der Waals surface area contributed by atoms with Gasteiger partial charge in [0.25, 0.3) is 0 Å². The molecule has 2 rings (SSSR count). The van der Waals surface area contributed by atoms with Crippen molar-refractivity contribution >= 4 is 23.3 Å². The predicted octanol–water partition coefficient (Wildman–Crippen LogP) is 2.80. The Morgan fingerprint density at radius 1 is 1.11 bits per heavy atom. The van der Waals surface area contributed by atoms with E-state index in [4.69, 9.17) is 5.73 Å². The highest BCUT2D eigenvalue weighted by atomic mass is 15.1. The van der Waals surface area contributed by atoms with E-state index in [1.165, 1.54) is 5.56 Å². The summed E-state index contributed by atoms with van der Waals surface area (Å²) in [5, 5.41) is 6.17. The molecule has 5 heteroatoms. The number of aromatic nitrogens is 2. The lowest BCUT2D eigenvalue weighted by atomic mass is 10.1. The number of hydrogen-bond acceptors (Lipinski definition) is 5. The van der Waals surface area contributed by atoms with Crippen LogP contribution in [0.4, 0.5) is 23.3 Å². The Hall–Kier alpha value is -2.30. The molecular weight excluding hydrogens is 238 g/mol. The number of nitrogen functional groups attached to an aromatic ring is 1. The van der Waals surface area contributed by atoms with E-state index >= 15 is 0 Å². The van der Waals surface area contributed by atoms with Gasteiger partial charge in [0.1, 0.15) is 11.6 Å². The average molecular weight is 257 g/mol. The summed E-state index contributed by atoms with van der Waals surface area (Å²) in [7, 11) is 1.80. The maximum Gasteiger partial charge on any atom is 0.223 e. The quantitative estimate of drug-likeness (QED) is 0.768. The number of benzene rings is 1. The van der Waals surface area contributed by atoms with Crippen molar-refractivity contribution in [3.05, 3.63) is 35.9 Å². The van der Waals surface area contributed by atoms with Crippen LogP contribution in [0.1, 0.15) is 18.9 Å². The van der Waals surface area contributed by atoms with Crippen molar-refractivity contribution in [3.63, 3.8) is 0 Å². The normalized spacial score (nSPS) is 10.2. The zero-order valence-electron chi connectivity index (χ0n) is 11.3. The van der Waals surface area contributed by atoms with Crippen LogP contribution in [0, 0.1) is 0 Å². The van der Waals surface area contributed by atoms with Gasteiger partial charge in [0.2, 0.25) is 5.95 Å². The molecule has 4 N–H and O–H groups in total. The van der Waals surface area contributed by atoms with Crippen molar-refractivity contribution in [2.75, 3.05) is 23.4 Å². The molecule has 1 aromatic carbocycles. The van der Waals surface area contributed by atoms with Gasteiger partial charge in [0.05, 0.1) is 0 Å². The first-order valence-electron chi connectivity index (χ1n) is 6.39. The van der Waals surface area contributed by atoms with Crippen molar-refractivity contribution in [2.24, 2.45) is 0 Å². The average Bonchev–Trinajstić information content (AvgIpc) is 2.40. The second kappa shape index (κ2) is 6.04. The molecule has 19 heavy (non-hydrogen) atoms. The van der Waals surface area contributed by atoms with Crippen molar-refractivity contribution in [1.82, 2.24) is 9.97 Å². The SMILES string of the molecule is CCCc1ccc(Nc2cc(NC)nc(N)n2)cc1. The van der Waals surface area contributed by atoms with E-state index in [-0.39, 0.29) is 5.95 Å².